The topological polar surface area (TPSA) is 0 Å². The summed E-state index contributed by atoms with van der Waals surface area (Å²) in [5.74, 6) is 9.12. The third-order valence-electron chi connectivity index (χ3n) is 17.1. The fourth-order valence-electron chi connectivity index (χ4n) is 14.2. The van der Waals surface area contributed by atoms with E-state index < -0.39 is 0 Å². The van der Waals surface area contributed by atoms with E-state index in [1.165, 1.54) is 69.8 Å². The van der Waals surface area contributed by atoms with E-state index >= 15 is 0 Å². The highest BCUT2D eigenvalue weighted by Gasteiger charge is 2.66. The molecule has 0 radical (unpaired) electrons. The van der Waals surface area contributed by atoms with Crippen molar-refractivity contribution in [2.75, 3.05) is 0 Å². The molecule has 0 heterocycles. The summed E-state index contributed by atoms with van der Waals surface area (Å²) in [6.45, 7) is 26.5. The van der Waals surface area contributed by atoms with Crippen molar-refractivity contribution in [3.63, 3.8) is 0 Å². The average molecular weight is 585 g/mol. The molecule has 0 N–H and O–H groups in total. The van der Waals surface area contributed by atoms with Crippen LogP contribution in [0.5, 0.6) is 0 Å². The summed E-state index contributed by atoms with van der Waals surface area (Å²) in [4.78, 5) is 0. The van der Waals surface area contributed by atoms with Gasteiger partial charge in [0.25, 0.3) is 0 Å². The summed E-state index contributed by atoms with van der Waals surface area (Å²) < 4.78 is 0. The highest BCUT2D eigenvalue weighted by Crippen LogP contribution is 2.73. The molecular formula is C43H68. The van der Waals surface area contributed by atoms with Crippen LogP contribution in [0, 0.1) is 87.8 Å². The van der Waals surface area contributed by atoms with Crippen LogP contribution in [0.25, 0.3) is 0 Å². The lowest BCUT2D eigenvalue weighted by atomic mass is 9.46. The molecule has 0 spiro atoms. The van der Waals surface area contributed by atoms with Crippen LogP contribution in [0.4, 0.5) is 0 Å². The first-order valence-corrected chi connectivity index (χ1v) is 19.1. The lowest BCUT2D eigenvalue weighted by Crippen LogP contribution is -2.52. The van der Waals surface area contributed by atoms with E-state index in [-0.39, 0.29) is 0 Å². The predicted octanol–water partition coefficient (Wildman–Crippen LogP) is 12.3. The normalized spacial score (nSPS) is 44.0. The Morgan fingerprint density at radius 3 is 1.26 bits per heavy atom. The molecule has 0 aliphatic heterocycles. The molecule has 6 aliphatic carbocycles. The molecule has 6 saturated carbocycles. The zero-order valence-electron chi connectivity index (χ0n) is 30.1. The Bertz CT molecular complexity index is 1110. The van der Waals surface area contributed by atoms with Crippen LogP contribution in [0.3, 0.4) is 0 Å². The molecule has 0 bridgehead atoms. The molecule has 0 amide bonds. The van der Waals surface area contributed by atoms with E-state index in [4.69, 9.17) is 0 Å². The Balaban J connectivity index is 1.38. The minimum Gasteiger partial charge on any atom is -0.0596 e. The SMILES string of the molecule is Cc1ccc([C@](C)(C2CCCC2)C2C3CC4C(CC3C3CC5C(CC32)C(C)(C)CCC5(C)C)C(C)(C)CCC4(C)C)cc1. The van der Waals surface area contributed by atoms with Crippen LogP contribution >= 0.6 is 0 Å². The summed E-state index contributed by atoms with van der Waals surface area (Å²) in [5.41, 5.74) is 5.46. The summed E-state index contributed by atoms with van der Waals surface area (Å²) in [7, 11) is 0. The van der Waals surface area contributed by atoms with Crippen LogP contribution in [-0.4, -0.2) is 0 Å². The highest BCUT2D eigenvalue weighted by atomic mass is 14.7. The summed E-state index contributed by atoms with van der Waals surface area (Å²) in [5, 5.41) is 0. The second-order valence-electron chi connectivity index (χ2n) is 20.6. The highest BCUT2D eigenvalue weighted by molar-refractivity contribution is 5.33. The van der Waals surface area contributed by atoms with Gasteiger partial charge < -0.3 is 0 Å². The van der Waals surface area contributed by atoms with Crippen LogP contribution in [0.1, 0.15) is 150 Å². The van der Waals surface area contributed by atoms with Crippen LogP contribution in [0.15, 0.2) is 24.3 Å². The Labute approximate surface area is 267 Å². The van der Waals surface area contributed by atoms with E-state index in [0.29, 0.717) is 27.1 Å². The molecule has 43 heavy (non-hydrogen) atoms. The zero-order valence-corrected chi connectivity index (χ0v) is 30.1. The molecule has 1 aromatic rings. The number of fused-ring (bicyclic) bond motifs is 5. The van der Waals surface area contributed by atoms with Crippen molar-refractivity contribution < 1.29 is 0 Å². The molecule has 6 fully saturated rings. The van der Waals surface area contributed by atoms with Gasteiger partial charge in [0.1, 0.15) is 0 Å². The van der Waals surface area contributed by atoms with Crippen molar-refractivity contribution in [1.29, 1.82) is 0 Å². The Hall–Kier alpha value is -0.780. The van der Waals surface area contributed by atoms with Crippen molar-refractivity contribution >= 4 is 0 Å². The van der Waals surface area contributed by atoms with Crippen LogP contribution in [0.2, 0.25) is 0 Å². The molecular weight excluding hydrogens is 516 g/mol. The van der Waals surface area contributed by atoms with Gasteiger partial charge in [-0.2, -0.15) is 0 Å². The molecule has 240 valence electrons. The quantitative estimate of drug-likeness (QED) is 0.331. The van der Waals surface area contributed by atoms with Crippen molar-refractivity contribution in [3.05, 3.63) is 35.4 Å². The van der Waals surface area contributed by atoms with Gasteiger partial charge in [-0.15, -0.1) is 0 Å². The number of hydrogen-bond donors (Lipinski definition) is 0. The predicted molar refractivity (Wildman–Crippen MR) is 184 cm³/mol. The first kappa shape index (κ1) is 30.9. The molecule has 6 aliphatic rings. The molecule has 0 saturated heterocycles. The number of rotatable bonds is 3. The molecule has 0 heteroatoms. The summed E-state index contributed by atoms with van der Waals surface area (Å²) in [6, 6.07) is 10.1. The maximum atomic E-state index is 2.84. The van der Waals surface area contributed by atoms with E-state index in [0.717, 1.165) is 59.2 Å². The fraction of sp³-hybridized carbons (Fsp3) is 0.860. The van der Waals surface area contributed by atoms with Crippen molar-refractivity contribution in [2.45, 2.75) is 152 Å². The van der Waals surface area contributed by atoms with Crippen molar-refractivity contribution in [2.24, 2.45) is 80.8 Å². The number of aryl methyl sites for hydroxylation is 1. The first-order chi connectivity index (χ1) is 20.1. The Kier molecular flexibility index (Phi) is 7.25. The largest absolute Gasteiger partial charge is 0.0596 e. The van der Waals surface area contributed by atoms with Gasteiger partial charge in [-0.25, -0.2) is 0 Å². The molecule has 8 unspecified atom stereocenters. The lowest BCUT2D eigenvalue weighted by molar-refractivity contribution is -0.0969. The maximum absolute atomic E-state index is 2.84. The van der Waals surface area contributed by atoms with E-state index in [1.54, 1.807) is 18.4 Å². The Morgan fingerprint density at radius 1 is 0.535 bits per heavy atom. The number of benzene rings is 1. The average Bonchev–Trinajstić information content (AvgIpc) is 3.60. The molecule has 9 atom stereocenters. The molecule has 1 aromatic carbocycles. The van der Waals surface area contributed by atoms with Crippen LogP contribution in [-0.2, 0) is 5.41 Å². The fourth-order valence-corrected chi connectivity index (χ4v) is 14.2. The second kappa shape index (κ2) is 10.1. The first-order valence-electron chi connectivity index (χ1n) is 19.1. The van der Waals surface area contributed by atoms with E-state index in [2.05, 4.69) is 93.5 Å². The standard InChI is InChI=1S/C43H68/c1-27-15-17-29(18-16-27)43(10,28-13-11-12-14-28)38-32-25-36-34(39(2,3)19-21-41(36,6)7)23-30(32)31-24-35-37(26-33(31)38)42(8,9)22-20-40(35,4)5/h15-18,28,30-38H,11-14,19-26H2,1-10H3/t30?,31?,32?,33?,34?,35?,36?,37?,38?,43-/m0/s1. The Morgan fingerprint density at radius 2 is 0.884 bits per heavy atom. The lowest BCUT2D eigenvalue weighted by Gasteiger charge is -2.59. The van der Waals surface area contributed by atoms with Gasteiger partial charge in [-0.1, -0.05) is 105 Å². The van der Waals surface area contributed by atoms with Crippen molar-refractivity contribution in [1.82, 2.24) is 0 Å². The van der Waals surface area contributed by atoms with Gasteiger partial charge in [0.05, 0.1) is 0 Å². The van der Waals surface area contributed by atoms with Crippen LogP contribution < -0.4 is 0 Å². The molecule has 7 rings (SSSR count). The maximum Gasteiger partial charge on any atom is -0.00133 e. The monoisotopic (exact) mass is 585 g/mol. The van der Waals surface area contributed by atoms with Gasteiger partial charge >= 0.3 is 0 Å². The summed E-state index contributed by atoms with van der Waals surface area (Å²) >= 11 is 0. The molecule has 0 nitrogen and oxygen atoms in total. The smallest absolute Gasteiger partial charge is 0.00133 e. The summed E-state index contributed by atoms with van der Waals surface area (Å²) in [6.07, 6.45) is 17.7. The van der Waals surface area contributed by atoms with Gasteiger partial charge in [-0.3, -0.25) is 0 Å². The minimum absolute atomic E-state index is 0.314. The van der Waals surface area contributed by atoms with E-state index in [1.807, 2.05) is 0 Å². The second-order valence-corrected chi connectivity index (χ2v) is 20.6. The van der Waals surface area contributed by atoms with Crippen molar-refractivity contribution in [3.8, 4) is 0 Å². The van der Waals surface area contributed by atoms with E-state index in [9.17, 15) is 0 Å². The van der Waals surface area contributed by atoms with Gasteiger partial charge in [0.15, 0.2) is 0 Å². The zero-order chi connectivity index (χ0) is 30.7. The van der Waals surface area contributed by atoms with Gasteiger partial charge in [-0.05, 0) is 163 Å². The number of hydrogen-bond acceptors (Lipinski definition) is 0. The third-order valence-corrected chi connectivity index (χ3v) is 17.1. The van der Waals surface area contributed by atoms with Gasteiger partial charge in [0, 0.05) is 0 Å². The third kappa shape index (κ3) is 4.69. The minimum atomic E-state index is 0.314. The van der Waals surface area contributed by atoms with Gasteiger partial charge in [0.2, 0.25) is 0 Å². The molecule has 0 aromatic heterocycles.